The minimum atomic E-state index is -4.62. The van der Waals surface area contributed by atoms with E-state index < -0.39 is 36.3 Å². The zero-order valence-corrected chi connectivity index (χ0v) is 12.1. The summed E-state index contributed by atoms with van der Waals surface area (Å²) in [7, 11) is -2.43. The molecule has 0 aliphatic carbocycles. The van der Waals surface area contributed by atoms with Crippen LogP contribution in [-0.2, 0) is 10.7 Å². The summed E-state index contributed by atoms with van der Waals surface area (Å²) in [6.45, 7) is 4.54. The van der Waals surface area contributed by atoms with Crippen molar-refractivity contribution in [1.29, 1.82) is 0 Å². The largest absolute Gasteiger partial charge is 0.416 e. The van der Waals surface area contributed by atoms with Gasteiger partial charge in [-0.1, -0.05) is 0 Å². The Hall–Kier alpha value is -1.56. The van der Waals surface area contributed by atoms with Crippen LogP contribution < -0.4 is 4.67 Å². The van der Waals surface area contributed by atoms with Gasteiger partial charge in [0.15, 0.2) is 7.95 Å². The van der Waals surface area contributed by atoms with Crippen LogP contribution in [0.25, 0.3) is 0 Å². The van der Waals surface area contributed by atoms with Gasteiger partial charge in [-0.15, -0.1) is 0 Å². The number of alkyl halides is 3. The molecule has 0 aliphatic heterocycles. The fourth-order valence-electron chi connectivity index (χ4n) is 1.86. The van der Waals surface area contributed by atoms with Crippen LogP contribution in [0.1, 0.15) is 19.4 Å². The molecule has 1 unspecified atom stereocenters. The van der Waals surface area contributed by atoms with E-state index in [2.05, 4.69) is 0 Å². The lowest BCUT2D eigenvalue weighted by Gasteiger charge is -2.27. The number of nitro groups is 1. The molecule has 1 rings (SSSR count). The summed E-state index contributed by atoms with van der Waals surface area (Å²) < 4.78 is 51.0. The minimum Gasteiger partial charge on any atom is -0.316 e. The van der Waals surface area contributed by atoms with E-state index >= 15 is 0 Å². The van der Waals surface area contributed by atoms with Gasteiger partial charge < -0.3 is 9.24 Å². The van der Waals surface area contributed by atoms with Crippen molar-refractivity contribution in [2.24, 2.45) is 0 Å². The maximum Gasteiger partial charge on any atom is 0.416 e. The van der Waals surface area contributed by atoms with Gasteiger partial charge >= 0.3 is 6.18 Å². The lowest BCUT2D eigenvalue weighted by Crippen LogP contribution is -2.24. The third kappa shape index (κ3) is 3.50. The maximum atomic E-state index is 12.7. The van der Waals surface area contributed by atoms with Crippen molar-refractivity contribution < 1.29 is 22.7 Å². The molecule has 0 bridgehead atoms. The fourth-order valence-corrected chi connectivity index (χ4v) is 3.10. The maximum absolute atomic E-state index is 12.7. The second kappa shape index (κ2) is 5.83. The highest BCUT2D eigenvalue weighted by atomic mass is 31.1. The van der Waals surface area contributed by atoms with Crippen molar-refractivity contribution in [3.05, 3.63) is 33.9 Å². The number of anilines is 1. The molecule has 112 valence electrons. The van der Waals surface area contributed by atoms with Crippen molar-refractivity contribution in [3.63, 3.8) is 0 Å². The van der Waals surface area contributed by atoms with Crippen LogP contribution in [0, 0.1) is 10.1 Å². The Bertz CT molecular complexity index is 546. The van der Waals surface area contributed by atoms with E-state index in [1.165, 1.54) is 6.66 Å². The Morgan fingerprint density at radius 3 is 2.25 bits per heavy atom. The number of nitrogens with zero attached hydrogens (tertiary/aromatic N) is 2. The molecule has 0 saturated heterocycles. The van der Waals surface area contributed by atoms with Crippen molar-refractivity contribution in [1.82, 2.24) is 0 Å². The first-order valence-corrected chi connectivity index (χ1v) is 7.56. The molecule has 0 fully saturated rings. The Morgan fingerprint density at radius 1 is 1.35 bits per heavy atom. The molecule has 0 aromatic heterocycles. The Labute approximate surface area is 114 Å². The molecule has 0 radical (unpaired) electrons. The third-order valence-electron chi connectivity index (χ3n) is 2.61. The van der Waals surface area contributed by atoms with Crippen LogP contribution in [0.3, 0.4) is 0 Å². The van der Waals surface area contributed by atoms with Crippen LogP contribution in [0.15, 0.2) is 18.2 Å². The van der Waals surface area contributed by atoms with Gasteiger partial charge in [-0.2, -0.15) is 13.2 Å². The summed E-state index contributed by atoms with van der Waals surface area (Å²) in [5, 5.41) is 10.9. The summed E-state index contributed by atoms with van der Waals surface area (Å²) in [6.07, 6.45) is -4.62. The number of hydrogen-bond donors (Lipinski definition) is 0. The van der Waals surface area contributed by atoms with E-state index in [0.717, 1.165) is 10.7 Å². The smallest absolute Gasteiger partial charge is 0.316 e. The quantitative estimate of drug-likeness (QED) is 0.480. The predicted octanol–water partition coefficient (Wildman–Crippen LogP) is 3.93. The van der Waals surface area contributed by atoms with Crippen LogP contribution in [0.4, 0.5) is 24.5 Å². The molecule has 1 atom stereocenters. The normalized spacial score (nSPS) is 13.3. The van der Waals surface area contributed by atoms with Gasteiger partial charge in [0, 0.05) is 18.8 Å². The molecule has 1 aromatic rings. The van der Waals surface area contributed by atoms with Gasteiger partial charge in [-0.05, 0) is 26.0 Å². The zero-order chi connectivity index (χ0) is 15.7. The molecule has 9 heteroatoms. The average molecular weight is 310 g/mol. The second-order valence-corrected chi connectivity index (χ2v) is 5.96. The van der Waals surface area contributed by atoms with Crippen molar-refractivity contribution in [2.75, 3.05) is 11.3 Å². The highest BCUT2D eigenvalue weighted by Gasteiger charge is 2.34. The Morgan fingerprint density at radius 2 is 1.90 bits per heavy atom. The van der Waals surface area contributed by atoms with Crippen molar-refractivity contribution in [2.45, 2.75) is 26.1 Å². The summed E-state index contributed by atoms with van der Waals surface area (Å²) >= 11 is 0. The molecule has 0 heterocycles. The number of hydrogen-bond acceptors (Lipinski definition) is 3. The SMILES string of the molecule is CC(C)N(c1cc(C(F)(F)F)ccc1[N+](=O)[O-])[PH](C)=O. The number of nitro benzene ring substituents is 1. The minimum absolute atomic E-state index is 0.272. The van der Waals surface area contributed by atoms with Gasteiger partial charge in [0.1, 0.15) is 5.69 Å². The topological polar surface area (TPSA) is 63.4 Å². The number of rotatable bonds is 4. The lowest BCUT2D eigenvalue weighted by atomic mass is 10.1. The van der Waals surface area contributed by atoms with E-state index in [1.54, 1.807) is 13.8 Å². The second-order valence-electron chi connectivity index (χ2n) is 4.44. The third-order valence-corrected chi connectivity index (χ3v) is 4.05. The molecular formula is C11H14F3N2O3P. The highest BCUT2D eigenvalue weighted by molar-refractivity contribution is 7.45. The van der Waals surface area contributed by atoms with Gasteiger partial charge in [0.2, 0.25) is 0 Å². The lowest BCUT2D eigenvalue weighted by molar-refractivity contribution is -0.384. The molecule has 5 nitrogen and oxygen atoms in total. The summed E-state index contributed by atoms with van der Waals surface area (Å²) in [6, 6.07) is 1.68. The molecule has 0 amide bonds. The monoisotopic (exact) mass is 310 g/mol. The summed E-state index contributed by atoms with van der Waals surface area (Å²) in [5.74, 6) is 0. The predicted molar refractivity (Wildman–Crippen MR) is 70.6 cm³/mol. The molecule has 1 aromatic carbocycles. The first kappa shape index (κ1) is 16.5. The first-order chi connectivity index (χ1) is 9.05. The zero-order valence-electron chi connectivity index (χ0n) is 11.1. The first-order valence-electron chi connectivity index (χ1n) is 5.71. The van der Waals surface area contributed by atoms with Gasteiger partial charge in [-0.25, -0.2) is 0 Å². The van der Waals surface area contributed by atoms with Crippen LogP contribution in [0.2, 0.25) is 0 Å². The van der Waals surface area contributed by atoms with Gasteiger partial charge in [-0.3, -0.25) is 10.1 Å². The summed E-state index contributed by atoms with van der Waals surface area (Å²) in [5.41, 5.74) is -1.77. The van der Waals surface area contributed by atoms with Crippen molar-refractivity contribution >= 4 is 19.3 Å². The molecule has 0 N–H and O–H groups in total. The molecular weight excluding hydrogens is 296 g/mol. The van der Waals surface area contributed by atoms with E-state index in [4.69, 9.17) is 0 Å². The Balaban J connectivity index is 3.54. The van der Waals surface area contributed by atoms with Crippen molar-refractivity contribution in [3.8, 4) is 0 Å². The van der Waals surface area contributed by atoms with Gasteiger partial charge in [0.25, 0.3) is 5.69 Å². The fraction of sp³-hybridized carbons (Fsp3) is 0.455. The molecule has 0 saturated carbocycles. The van der Waals surface area contributed by atoms with Crippen LogP contribution in [0.5, 0.6) is 0 Å². The van der Waals surface area contributed by atoms with Crippen LogP contribution >= 0.6 is 7.95 Å². The van der Waals surface area contributed by atoms with E-state index in [1.807, 2.05) is 0 Å². The summed E-state index contributed by atoms with van der Waals surface area (Å²) in [4.78, 5) is 10.2. The number of benzene rings is 1. The average Bonchev–Trinajstić information content (AvgIpc) is 2.26. The molecule has 0 spiro atoms. The highest BCUT2D eigenvalue weighted by Crippen LogP contribution is 2.42. The molecule has 0 aliphatic rings. The standard InChI is InChI=1S/C11H14F3N2O3P/c1-7(2)15(20(3)19)10-6-8(11(12,13)14)4-5-9(10)16(17)18/h4-7,20H,1-3H3. The Kier molecular flexibility index (Phi) is 4.81. The van der Waals surface area contributed by atoms with E-state index in [0.29, 0.717) is 12.1 Å². The van der Waals surface area contributed by atoms with Crippen LogP contribution in [-0.4, -0.2) is 17.6 Å². The molecule has 20 heavy (non-hydrogen) atoms. The van der Waals surface area contributed by atoms with E-state index in [9.17, 15) is 27.9 Å². The van der Waals surface area contributed by atoms with E-state index in [-0.39, 0.29) is 5.69 Å². The number of halogens is 3. The van der Waals surface area contributed by atoms with Gasteiger partial charge in [0.05, 0.1) is 10.5 Å².